The van der Waals surface area contributed by atoms with Crippen LogP contribution in [-0.4, -0.2) is 30.1 Å². The lowest BCUT2D eigenvalue weighted by Crippen LogP contribution is -2.37. The van der Waals surface area contributed by atoms with Gasteiger partial charge in [-0.2, -0.15) is 4.98 Å². The summed E-state index contributed by atoms with van der Waals surface area (Å²) in [7, 11) is 4.11. The standard InChI is InChI=1S/C23H27BrN4/c1-27(2)22-20-13-6-7-14-21(20)25-23(26-22)28(19-11-4-3-5-12-19)16-17-9-8-10-18(24)15-17/h6-10,13-15,19H,3-5,11-12,16H2,1-2H3. The Bertz CT molecular complexity index is 950. The third-order valence-electron chi connectivity index (χ3n) is 5.51. The van der Waals surface area contributed by atoms with Crippen LogP contribution in [0.5, 0.6) is 0 Å². The van der Waals surface area contributed by atoms with Gasteiger partial charge in [-0.25, -0.2) is 4.98 Å². The van der Waals surface area contributed by atoms with E-state index in [0.29, 0.717) is 6.04 Å². The molecule has 0 aliphatic heterocycles. The molecule has 0 N–H and O–H groups in total. The molecule has 1 fully saturated rings. The van der Waals surface area contributed by atoms with Crippen molar-refractivity contribution in [2.75, 3.05) is 23.9 Å². The van der Waals surface area contributed by atoms with E-state index in [0.717, 1.165) is 33.7 Å². The first-order chi connectivity index (χ1) is 13.6. The first kappa shape index (κ1) is 19.2. The number of benzene rings is 2. The second-order valence-corrected chi connectivity index (χ2v) is 8.72. The van der Waals surface area contributed by atoms with E-state index < -0.39 is 0 Å². The van der Waals surface area contributed by atoms with Crippen LogP contribution in [0.1, 0.15) is 37.7 Å². The van der Waals surface area contributed by atoms with Crippen LogP contribution < -0.4 is 9.80 Å². The molecule has 0 spiro atoms. The number of aromatic nitrogens is 2. The Morgan fingerprint density at radius 2 is 1.75 bits per heavy atom. The minimum Gasteiger partial charge on any atom is -0.362 e. The zero-order chi connectivity index (χ0) is 19.5. The molecule has 146 valence electrons. The van der Waals surface area contributed by atoms with Crippen LogP contribution in [0.25, 0.3) is 10.9 Å². The topological polar surface area (TPSA) is 32.3 Å². The molecular weight excluding hydrogens is 412 g/mol. The number of hydrogen-bond donors (Lipinski definition) is 0. The molecule has 0 unspecified atom stereocenters. The van der Waals surface area contributed by atoms with Gasteiger partial charge in [0.1, 0.15) is 5.82 Å². The van der Waals surface area contributed by atoms with Gasteiger partial charge < -0.3 is 9.80 Å². The Labute approximate surface area is 175 Å². The first-order valence-electron chi connectivity index (χ1n) is 10.1. The van der Waals surface area contributed by atoms with E-state index in [1.165, 1.54) is 37.7 Å². The minimum absolute atomic E-state index is 0.490. The maximum absolute atomic E-state index is 5.02. The lowest BCUT2D eigenvalue weighted by molar-refractivity contribution is 0.409. The van der Waals surface area contributed by atoms with Gasteiger partial charge in [0.05, 0.1) is 5.52 Å². The van der Waals surface area contributed by atoms with E-state index >= 15 is 0 Å². The van der Waals surface area contributed by atoms with Gasteiger partial charge in [-0.3, -0.25) is 0 Å². The highest BCUT2D eigenvalue weighted by molar-refractivity contribution is 9.10. The molecule has 1 heterocycles. The van der Waals surface area contributed by atoms with E-state index in [-0.39, 0.29) is 0 Å². The van der Waals surface area contributed by atoms with Crippen molar-refractivity contribution < 1.29 is 0 Å². The van der Waals surface area contributed by atoms with Gasteiger partial charge in [0, 0.05) is 36.5 Å². The molecule has 5 heteroatoms. The summed E-state index contributed by atoms with van der Waals surface area (Å²) < 4.78 is 1.11. The second-order valence-electron chi connectivity index (χ2n) is 7.81. The first-order valence-corrected chi connectivity index (χ1v) is 10.9. The van der Waals surface area contributed by atoms with E-state index in [1.807, 2.05) is 0 Å². The zero-order valence-corrected chi connectivity index (χ0v) is 18.2. The normalized spacial score (nSPS) is 15.0. The summed E-state index contributed by atoms with van der Waals surface area (Å²) in [6, 6.07) is 17.4. The van der Waals surface area contributed by atoms with Gasteiger partial charge in [0.15, 0.2) is 0 Å². The summed E-state index contributed by atoms with van der Waals surface area (Å²) in [6.07, 6.45) is 6.33. The van der Waals surface area contributed by atoms with E-state index in [4.69, 9.17) is 9.97 Å². The summed E-state index contributed by atoms with van der Waals surface area (Å²) in [6.45, 7) is 0.829. The molecule has 0 amide bonds. The summed E-state index contributed by atoms with van der Waals surface area (Å²) in [5, 5.41) is 1.10. The van der Waals surface area contributed by atoms with Crippen LogP contribution in [0.4, 0.5) is 11.8 Å². The molecule has 4 nitrogen and oxygen atoms in total. The predicted molar refractivity (Wildman–Crippen MR) is 121 cm³/mol. The van der Waals surface area contributed by atoms with Gasteiger partial charge in [0.2, 0.25) is 5.95 Å². The summed E-state index contributed by atoms with van der Waals surface area (Å²) in [4.78, 5) is 14.5. The van der Waals surface area contributed by atoms with Gasteiger partial charge in [-0.15, -0.1) is 0 Å². The molecule has 1 aromatic heterocycles. The predicted octanol–water partition coefficient (Wildman–Crippen LogP) is 5.80. The molecule has 28 heavy (non-hydrogen) atoms. The van der Waals surface area contributed by atoms with Crippen LogP contribution in [0, 0.1) is 0 Å². The molecule has 0 atom stereocenters. The molecule has 1 saturated carbocycles. The Hall–Kier alpha value is -2.14. The number of nitrogens with zero attached hydrogens (tertiary/aromatic N) is 4. The molecule has 0 saturated heterocycles. The summed E-state index contributed by atoms with van der Waals surface area (Å²) >= 11 is 3.61. The van der Waals surface area contributed by atoms with E-state index in [2.05, 4.69) is 88.4 Å². The zero-order valence-electron chi connectivity index (χ0n) is 16.6. The number of fused-ring (bicyclic) bond motifs is 1. The van der Waals surface area contributed by atoms with Gasteiger partial charge in [0.25, 0.3) is 0 Å². The fraction of sp³-hybridized carbons (Fsp3) is 0.391. The Morgan fingerprint density at radius 1 is 0.964 bits per heavy atom. The molecule has 4 rings (SSSR count). The number of para-hydroxylation sites is 1. The van der Waals surface area contributed by atoms with Crippen LogP contribution in [0.3, 0.4) is 0 Å². The van der Waals surface area contributed by atoms with Crippen LogP contribution >= 0.6 is 15.9 Å². The van der Waals surface area contributed by atoms with Gasteiger partial charge >= 0.3 is 0 Å². The molecule has 2 aromatic carbocycles. The fourth-order valence-electron chi connectivity index (χ4n) is 4.11. The monoisotopic (exact) mass is 438 g/mol. The van der Waals surface area contributed by atoms with Gasteiger partial charge in [-0.05, 0) is 42.7 Å². The van der Waals surface area contributed by atoms with Crippen molar-refractivity contribution in [1.29, 1.82) is 0 Å². The maximum Gasteiger partial charge on any atom is 0.228 e. The minimum atomic E-state index is 0.490. The van der Waals surface area contributed by atoms with Crippen LogP contribution in [-0.2, 0) is 6.54 Å². The van der Waals surface area contributed by atoms with Crippen molar-refractivity contribution in [3.8, 4) is 0 Å². The van der Waals surface area contributed by atoms with Crippen LogP contribution in [0.2, 0.25) is 0 Å². The van der Waals surface area contributed by atoms with Crippen molar-refractivity contribution in [2.45, 2.75) is 44.7 Å². The maximum atomic E-state index is 5.02. The van der Waals surface area contributed by atoms with Crippen LogP contribution in [0.15, 0.2) is 53.0 Å². The SMILES string of the molecule is CN(C)c1nc(N(Cc2cccc(Br)c2)C2CCCCC2)nc2ccccc12. The summed E-state index contributed by atoms with van der Waals surface area (Å²) in [5.74, 6) is 1.82. The quantitative estimate of drug-likeness (QED) is 0.503. The van der Waals surface area contributed by atoms with Gasteiger partial charge in [-0.1, -0.05) is 59.5 Å². The highest BCUT2D eigenvalue weighted by Crippen LogP contribution is 2.31. The Morgan fingerprint density at radius 3 is 2.50 bits per heavy atom. The average Bonchev–Trinajstić information content (AvgIpc) is 2.72. The molecule has 1 aliphatic rings. The lowest BCUT2D eigenvalue weighted by Gasteiger charge is -2.35. The number of rotatable bonds is 5. The molecule has 1 aliphatic carbocycles. The van der Waals surface area contributed by atoms with Crippen molar-refractivity contribution in [2.24, 2.45) is 0 Å². The van der Waals surface area contributed by atoms with E-state index in [9.17, 15) is 0 Å². The third-order valence-corrected chi connectivity index (χ3v) is 6.00. The number of hydrogen-bond acceptors (Lipinski definition) is 4. The molecule has 3 aromatic rings. The number of anilines is 2. The number of halogens is 1. The third kappa shape index (κ3) is 4.14. The fourth-order valence-corrected chi connectivity index (χ4v) is 4.55. The van der Waals surface area contributed by atoms with Crippen molar-refractivity contribution in [3.05, 3.63) is 58.6 Å². The molecular formula is C23H27BrN4. The highest BCUT2D eigenvalue weighted by Gasteiger charge is 2.25. The van der Waals surface area contributed by atoms with Crippen molar-refractivity contribution in [3.63, 3.8) is 0 Å². The molecule has 0 radical (unpaired) electrons. The smallest absolute Gasteiger partial charge is 0.228 e. The average molecular weight is 439 g/mol. The second kappa shape index (κ2) is 8.48. The highest BCUT2D eigenvalue weighted by atomic mass is 79.9. The molecule has 0 bridgehead atoms. The van der Waals surface area contributed by atoms with Crippen molar-refractivity contribution >= 4 is 38.6 Å². The van der Waals surface area contributed by atoms with E-state index in [1.54, 1.807) is 0 Å². The largest absolute Gasteiger partial charge is 0.362 e. The van der Waals surface area contributed by atoms with Crippen molar-refractivity contribution in [1.82, 2.24) is 9.97 Å². The summed E-state index contributed by atoms with van der Waals surface area (Å²) in [5.41, 5.74) is 2.29. The lowest BCUT2D eigenvalue weighted by atomic mass is 9.94. The Balaban J connectivity index is 1.79. The Kier molecular flexibility index (Phi) is 5.81.